The minimum absolute atomic E-state index is 0.655. The molecule has 6 nitrogen and oxygen atoms in total. The summed E-state index contributed by atoms with van der Waals surface area (Å²) in [4.78, 5) is 11.0. The number of aryl methyl sites for hydroxylation is 1. The summed E-state index contributed by atoms with van der Waals surface area (Å²) < 4.78 is 5.37. The van der Waals surface area contributed by atoms with E-state index in [1.165, 1.54) is 0 Å². The minimum Gasteiger partial charge on any atom is -0.378 e. The molecule has 1 saturated heterocycles. The van der Waals surface area contributed by atoms with E-state index in [4.69, 9.17) is 16.3 Å². The van der Waals surface area contributed by atoms with Crippen molar-refractivity contribution in [1.29, 1.82) is 0 Å². The number of nitrogens with one attached hydrogen (secondary N) is 1. The summed E-state index contributed by atoms with van der Waals surface area (Å²) in [5, 5.41) is 4.87. The van der Waals surface area contributed by atoms with Gasteiger partial charge in [-0.1, -0.05) is 29.8 Å². The van der Waals surface area contributed by atoms with E-state index in [-0.39, 0.29) is 0 Å². The molecule has 1 aliphatic heterocycles. The number of hydrogen-bond donors (Lipinski definition) is 1. The predicted octanol–water partition coefficient (Wildman–Crippen LogP) is 2.72. The standard InChI is InChI=1S/C16H18ClN5O/c1-12-19-15(10-16(20-12)22-6-8-23-9-7-22)21-18-11-13-4-2-3-5-14(13)17/h2-5,10-11H,6-9H2,1H3,(H,19,20,21)/b18-11+. The second-order valence-corrected chi connectivity index (χ2v) is 5.56. The Morgan fingerprint density at radius 2 is 2.04 bits per heavy atom. The molecule has 7 heteroatoms. The highest BCUT2D eigenvalue weighted by Crippen LogP contribution is 2.17. The lowest BCUT2D eigenvalue weighted by Crippen LogP contribution is -2.36. The van der Waals surface area contributed by atoms with Crippen LogP contribution in [0.2, 0.25) is 5.02 Å². The quantitative estimate of drug-likeness (QED) is 0.689. The van der Waals surface area contributed by atoms with Gasteiger partial charge in [0.2, 0.25) is 0 Å². The van der Waals surface area contributed by atoms with Crippen LogP contribution in [0.3, 0.4) is 0 Å². The van der Waals surface area contributed by atoms with Crippen molar-refractivity contribution in [2.45, 2.75) is 6.92 Å². The van der Waals surface area contributed by atoms with E-state index in [0.717, 1.165) is 37.7 Å². The zero-order valence-corrected chi connectivity index (χ0v) is 13.6. The highest BCUT2D eigenvalue weighted by atomic mass is 35.5. The van der Waals surface area contributed by atoms with Gasteiger partial charge in [0.1, 0.15) is 11.6 Å². The van der Waals surface area contributed by atoms with Crippen molar-refractivity contribution in [3.8, 4) is 0 Å². The Labute approximate surface area is 140 Å². The van der Waals surface area contributed by atoms with Crippen LogP contribution in [0.1, 0.15) is 11.4 Å². The Bertz CT molecular complexity index is 701. The molecule has 2 aromatic rings. The molecule has 0 aliphatic carbocycles. The van der Waals surface area contributed by atoms with Gasteiger partial charge < -0.3 is 9.64 Å². The maximum absolute atomic E-state index is 6.09. The van der Waals surface area contributed by atoms with Crippen molar-refractivity contribution in [2.24, 2.45) is 5.10 Å². The number of halogens is 1. The lowest BCUT2D eigenvalue weighted by Gasteiger charge is -2.28. The number of hydrazone groups is 1. The van der Waals surface area contributed by atoms with Gasteiger partial charge in [0.15, 0.2) is 5.82 Å². The third-order valence-electron chi connectivity index (χ3n) is 3.45. The maximum atomic E-state index is 6.09. The number of rotatable bonds is 4. The Morgan fingerprint density at radius 1 is 1.26 bits per heavy atom. The molecule has 23 heavy (non-hydrogen) atoms. The van der Waals surface area contributed by atoms with Crippen molar-refractivity contribution >= 4 is 29.5 Å². The number of anilines is 2. The molecule has 1 N–H and O–H groups in total. The van der Waals surface area contributed by atoms with Gasteiger partial charge in [-0.3, -0.25) is 5.43 Å². The average molecular weight is 332 g/mol. The van der Waals surface area contributed by atoms with E-state index in [9.17, 15) is 0 Å². The average Bonchev–Trinajstić information content (AvgIpc) is 2.57. The van der Waals surface area contributed by atoms with Crippen LogP contribution in [-0.4, -0.2) is 42.5 Å². The summed E-state index contributed by atoms with van der Waals surface area (Å²) in [6, 6.07) is 9.42. The van der Waals surface area contributed by atoms with Crippen LogP contribution in [-0.2, 0) is 4.74 Å². The van der Waals surface area contributed by atoms with Crippen LogP contribution in [0, 0.1) is 6.92 Å². The molecule has 1 aliphatic rings. The van der Waals surface area contributed by atoms with Gasteiger partial charge in [-0.05, 0) is 13.0 Å². The Balaban J connectivity index is 1.72. The number of aromatic nitrogens is 2. The largest absolute Gasteiger partial charge is 0.378 e. The second kappa shape index (κ2) is 7.39. The molecule has 0 atom stereocenters. The zero-order valence-electron chi connectivity index (χ0n) is 12.9. The fourth-order valence-electron chi connectivity index (χ4n) is 2.31. The first-order valence-corrected chi connectivity index (χ1v) is 7.82. The van der Waals surface area contributed by atoms with Crippen molar-refractivity contribution in [2.75, 3.05) is 36.6 Å². The Kier molecular flexibility index (Phi) is 5.05. The van der Waals surface area contributed by atoms with Crippen LogP contribution < -0.4 is 10.3 Å². The second-order valence-electron chi connectivity index (χ2n) is 5.15. The molecule has 0 unspecified atom stereocenters. The number of hydrogen-bond acceptors (Lipinski definition) is 6. The first kappa shape index (κ1) is 15.7. The van der Waals surface area contributed by atoms with E-state index in [2.05, 4.69) is 25.4 Å². The van der Waals surface area contributed by atoms with E-state index in [1.807, 2.05) is 37.3 Å². The van der Waals surface area contributed by atoms with Gasteiger partial charge in [-0.2, -0.15) is 5.10 Å². The molecule has 1 aromatic carbocycles. The summed E-state index contributed by atoms with van der Waals surface area (Å²) in [5.74, 6) is 2.24. The predicted molar refractivity (Wildman–Crippen MR) is 92.5 cm³/mol. The normalized spacial score (nSPS) is 15.1. The Morgan fingerprint density at radius 3 is 2.83 bits per heavy atom. The fraction of sp³-hybridized carbons (Fsp3) is 0.312. The van der Waals surface area contributed by atoms with Crippen molar-refractivity contribution in [3.05, 3.63) is 46.7 Å². The maximum Gasteiger partial charge on any atom is 0.152 e. The van der Waals surface area contributed by atoms with E-state index >= 15 is 0 Å². The molecule has 1 aromatic heterocycles. The lowest BCUT2D eigenvalue weighted by atomic mass is 10.2. The SMILES string of the molecule is Cc1nc(N/N=C/c2ccccc2Cl)cc(N2CCOCC2)n1. The first-order chi connectivity index (χ1) is 11.2. The van der Waals surface area contributed by atoms with Crippen LogP contribution >= 0.6 is 11.6 Å². The lowest BCUT2D eigenvalue weighted by molar-refractivity contribution is 0.122. The number of benzene rings is 1. The third kappa shape index (κ3) is 4.18. The summed E-state index contributed by atoms with van der Waals surface area (Å²) in [7, 11) is 0. The molecule has 0 bridgehead atoms. The summed E-state index contributed by atoms with van der Waals surface area (Å²) in [6.45, 7) is 4.97. The highest BCUT2D eigenvalue weighted by Gasteiger charge is 2.13. The topological polar surface area (TPSA) is 62.6 Å². The van der Waals surface area contributed by atoms with Gasteiger partial charge in [0, 0.05) is 29.7 Å². The Hall–Kier alpha value is -2.18. The van der Waals surface area contributed by atoms with Crippen LogP contribution in [0.25, 0.3) is 0 Å². The van der Waals surface area contributed by atoms with Crippen molar-refractivity contribution in [3.63, 3.8) is 0 Å². The minimum atomic E-state index is 0.655. The first-order valence-electron chi connectivity index (χ1n) is 7.44. The van der Waals surface area contributed by atoms with Gasteiger partial charge in [-0.25, -0.2) is 9.97 Å². The van der Waals surface area contributed by atoms with Crippen LogP contribution in [0.15, 0.2) is 35.4 Å². The molecule has 0 radical (unpaired) electrons. The van der Waals surface area contributed by atoms with Crippen LogP contribution in [0.5, 0.6) is 0 Å². The molecule has 3 rings (SSSR count). The summed E-state index contributed by atoms with van der Waals surface area (Å²) >= 11 is 6.09. The van der Waals surface area contributed by atoms with Gasteiger partial charge in [-0.15, -0.1) is 0 Å². The molecule has 0 spiro atoms. The molecule has 0 amide bonds. The van der Waals surface area contributed by atoms with Gasteiger partial charge in [0.05, 0.1) is 19.4 Å². The van der Waals surface area contributed by atoms with Gasteiger partial charge >= 0.3 is 0 Å². The number of ether oxygens (including phenoxy) is 1. The van der Waals surface area contributed by atoms with Crippen LogP contribution in [0.4, 0.5) is 11.6 Å². The molecule has 0 saturated carbocycles. The molecule has 2 heterocycles. The fourth-order valence-corrected chi connectivity index (χ4v) is 2.50. The van der Waals surface area contributed by atoms with Crippen molar-refractivity contribution in [1.82, 2.24) is 9.97 Å². The van der Waals surface area contributed by atoms with E-state index < -0.39 is 0 Å². The molecular weight excluding hydrogens is 314 g/mol. The van der Waals surface area contributed by atoms with Gasteiger partial charge in [0.25, 0.3) is 0 Å². The summed E-state index contributed by atoms with van der Waals surface area (Å²) in [5.41, 5.74) is 3.79. The van der Waals surface area contributed by atoms with E-state index in [1.54, 1.807) is 6.21 Å². The molecule has 1 fully saturated rings. The van der Waals surface area contributed by atoms with Crippen molar-refractivity contribution < 1.29 is 4.74 Å². The number of morpholine rings is 1. The summed E-state index contributed by atoms with van der Waals surface area (Å²) in [6.07, 6.45) is 1.67. The highest BCUT2D eigenvalue weighted by molar-refractivity contribution is 6.33. The number of nitrogens with zero attached hydrogens (tertiary/aromatic N) is 4. The van der Waals surface area contributed by atoms with E-state index in [0.29, 0.717) is 16.7 Å². The monoisotopic (exact) mass is 331 g/mol. The third-order valence-corrected chi connectivity index (χ3v) is 3.79. The smallest absolute Gasteiger partial charge is 0.152 e. The zero-order chi connectivity index (χ0) is 16.1. The molecule has 120 valence electrons. The molecular formula is C16H18ClN5O.